The number of hydrogen-bond donors (Lipinski definition) is 1. The summed E-state index contributed by atoms with van der Waals surface area (Å²) in [6.45, 7) is 3.79. The predicted molar refractivity (Wildman–Crippen MR) is 90.7 cm³/mol. The van der Waals surface area contributed by atoms with Gasteiger partial charge in [-0.1, -0.05) is 13.0 Å². The van der Waals surface area contributed by atoms with Crippen molar-refractivity contribution in [2.75, 3.05) is 19.7 Å². The summed E-state index contributed by atoms with van der Waals surface area (Å²) in [5.74, 6) is 2.13. The number of ether oxygens (including phenoxy) is 1. The molecule has 4 rings (SSSR count). The van der Waals surface area contributed by atoms with Crippen LogP contribution in [-0.2, 0) is 16.0 Å². The SMILES string of the molecule is CCCc1nc([C@@H]2CN(C(=O)[C@H]3C[C@@H]3c3cccnc3)CCO2)n[nH]1. The van der Waals surface area contributed by atoms with Crippen LogP contribution in [0.25, 0.3) is 0 Å². The van der Waals surface area contributed by atoms with Crippen molar-refractivity contribution < 1.29 is 9.53 Å². The minimum absolute atomic E-state index is 0.0748. The zero-order chi connectivity index (χ0) is 17.2. The smallest absolute Gasteiger partial charge is 0.226 e. The fourth-order valence-corrected chi connectivity index (χ4v) is 3.47. The van der Waals surface area contributed by atoms with Gasteiger partial charge in [0.15, 0.2) is 5.82 Å². The van der Waals surface area contributed by atoms with Gasteiger partial charge < -0.3 is 9.64 Å². The molecule has 7 heteroatoms. The van der Waals surface area contributed by atoms with Gasteiger partial charge in [-0.15, -0.1) is 0 Å². The van der Waals surface area contributed by atoms with Crippen LogP contribution < -0.4 is 0 Å². The molecule has 1 amide bonds. The number of morpholine rings is 1. The van der Waals surface area contributed by atoms with Crippen LogP contribution in [-0.4, -0.2) is 50.7 Å². The third kappa shape index (κ3) is 3.42. The molecule has 1 aliphatic heterocycles. The second-order valence-corrected chi connectivity index (χ2v) is 6.77. The van der Waals surface area contributed by atoms with E-state index >= 15 is 0 Å². The molecule has 2 aliphatic rings. The van der Waals surface area contributed by atoms with Crippen molar-refractivity contribution in [3.05, 3.63) is 41.7 Å². The highest BCUT2D eigenvalue weighted by Gasteiger charge is 2.46. The van der Waals surface area contributed by atoms with E-state index in [9.17, 15) is 4.79 Å². The Morgan fingerprint density at radius 3 is 3.20 bits per heavy atom. The molecule has 0 aromatic carbocycles. The molecule has 2 aromatic heterocycles. The van der Waals surface area contributed by atoms with Crippen LogP contribution in [0.3, 0.4) is 0 Å². The number of carbonyl (C=O) groups is 1. The fraction of sp³-hybridized carbons (Fsp3) is 0.556. The normalized spacial score (nSPS) is 25.8. The van der Waals surface area contributed by atoms with Gasteiger partial charge in [-0.3, -0.25) is 14.9 Å². The van der Waals surface area contributed by atoms with Crippen molar-refractivity contribution in [1.29, 1.82) is 0 Å². The molecule has 2 fully saturated rings. The van der Waals surface area contributed by atoms with E-state index in [0.717, 1.165) is 30.7 Å². The molecular formula is C18H23N5O2. The summed E-state index contributed by atoms with van der Waals surface area (Å²) in [6.07, 6.45) is 6.19. The third-order valence-corrected chi connectivity index (χ3v) is 4.92. The van der Waals surface area contributed by atoms with Crippen LogP contribution in [0, 0.1) is 5.92 Å². The Morgan fingerprint density at radius 1 is 1.48 bits per heavy atom. The molecule has 1 saturated carbocycles. The number of nitrogens with zero attached hydrogens (tertiary/aromatic N) is 4. The van der Waals surface area contributed by atoms with Crippen LogP contribution in [0.4, 0.5) is 0 Å². The summed E-state index contributed by atoms with van der Waals surface area (Å²) < 4.78 is 5.80. The van der Waals surface area contributed by atoms with Crippen molar-refractivity contribution in [3.8, 4) is 0 Å². The van der Waals surface area contributed by atoms with E-state index in [1.54, 1.807) is 6.20 Å². The van der Waals surface area contributed by atoms with Crippen molar-refractivity contribution in [1.82, 2.24) is 25.1 Å². The number of rotatable bonds is 5. The van der Waals surface area contributed by atoms with Crippen LogP contribution in [0.5, 0.6) is 0 Å². The number of H-pyrrole nitrogens is 1. The van der Waals surface area contributed by atoms with E-state index in [-0.39, 0.29) is 17.9 Å². The second kappa shape index (κ2) is 6.92. The van der Waals surface area contributed by atoms with Crippen LogP contribution in [0.1, 0.15) is 49.0 Å². The van der Waals surface area contributed by atoms with Gasteiger partial charge in [0.25, 0.3) is 0 Å². The van der Waals surface area contributed by atoms with Crippen LogP contribution >= 0.6 is 0 Å². The number of carbonyl (C=O) groups excluding carboxylic acids is 1. The number of aromatic nitrogens is 4. The Kier molecular flexibility index (Phi) is 4.48. The largest absolute Gasteiger partial charge is 0.366 e. The Morgan fingerprint density at radius 2 is 2.40 bits per heavy atom. The lowest BCUT2D eigenvalue weighted by molar-refractivity contribution is -0.140. The van der Waals surface area contributed by atoms with Gasteiger partial charge >= 0.3 is 0 Å². The van der Waals surface area contributed by atoms with E-state index in [1.165, 1.54) is 0 Å². The molecule has 7 nitrogen and oxygen atoms in total. The standard InChI is InChI=1S/C18H23N5O2/c1-2-4-16-20-17(22-21-16)15-11-23(7-8-25-15)18(24)14-9-13(14)12-5-3-6-19-10-12/h3,5-6,10,13-15H,2,4,7-9,11H2,1H3,(H,20,21,22)/t13-,14+,15+/m1/s1. The van der Waals surface area contributed by atoms with Gasteiger partial charge in [-0.05, 0) is 30.4 Å². The number of amides is 1. The monoisotopic (exact) mass is 341 g/mol. The maximum absolute atomic E-state index is 12.8. The Bertz CT molecular complexity index is 732. The molecule has 3 atom stereocenters. The van der Waals surface area contributed by atoms with E-state index in [1.807, 2.05) is 17.2 Å². The first-order valence-electron chi connectivity index (χ1n) is 8.97. The highest BCUT2D eigenvalue weighted by Crippen LogP contribution is 2.48. The van der Waals surface area contributed by atoms with Gasteiger partial charge in [0.05, 0.1) is 13.2 Å². The third-order valence-electron chi connectivity index (χ3n) is 4.92. The lowest BCUT2D eigenvalue weighted by Crippen LogP contribution is -2.43. The van der Waals surface area contributed by atoms with Crippen molar-refractivity contribution in [2.45, 2.75) is 38.2 Å². The quantitative estimate of drug-likeness (QED) is 0.897. The molecule has 1 N–H and O–H groups in total. The number of aromatic amines is 1. The first kappa shape index (κ1) is 16.2. The van der Waals surface area contributed by atoms with Gasteiger partial charge in [-0.25, -0.2) is 4.98 Å². The molecule has 25 heavy (non-hydrogen) atoms. The van der Waals surface area contributed by atoms with E-state index < -0.39 is 0 Å². The number of pyridine rings is 1. The van der Waals surface area contributed by atoms with E-state index in [4.69, 9.17) is 4.74 Å². The molecule has 0 spiro atoms. The van der Waals surface area contributed by atoms with Crippen molar-refractivity contribution in [3.63, 3.8) is 0 Å². The molecule has 1 saturated heterocycles. The molecule has 0 unspecified atom stereocenters. The lowest BCUT2D eigenvalue weighted by atomic mass is 10.1. The summed E-state index contributed by atoms with van der Waals surface area (Å²) in [4.78, 5) is 23.4. The lowest BCUT2D eigenvalue weighted by Gasteiger charge is -2.32. The van der Waals surface area contributed by atoms with Gasteiger partial charge in [-0.2, -0.15) is 5.10 Å². The summed E-state index contributed by atoms with van der Waals surface area (Å²) in [6, 6.07) is 3.98. The summed E-state index contributed by atoms with van der Waals surface area (Å²) >= 11 is 0. The Labute approximate surface area is 146 Å². The summed E-state index contributed by atoms with van der Waals surface area (Å²) in [7, 11) is 0. The van der Waals surface area contributed by atoms with E-state index in [0.29, 0.717) is 31.4 Å². The second-order valence-electron chi connectivity index (χ2n) is 6.77. The topological polar surface area (TPSA) is 84.0 Å². The van der Waals surface area contributed by atoms with Crippen molar-refractivity contribution >= 4 is 5.91 Å². The van der Waals surface area contributed by atoms with Gasteiger partial charge in [0, 0.05) is 31.3 Å². The van der Waals surface area contributed by atoms with Gasteiger partial charge in [0.1, 0.15) is 11.9 Å². The zero-order valence-corrected chi connectivity index (χ0v) is 14.4. The first-order valence-corrected chi connectivity index (χ1v) is 8.97. The highest BCUT2D eigenvalue weighted by molar-refractivity contribution is 5.83. The highest BCUT2D eigenvalue weighted by atomic mass is 16.5. The summed E-state index contributed by atoms with van der Waals surface area (Å²) in [5, 5.41) is 7.23. The predicted octanol–water partition coefficient (Wildman–Crippen LogP) is 1.86. The molecule has 0 bridgehead atoms. The number of aryl methyl sites for hydroxylation is 1. The average molecular weight is 341 g/mol. The minimum atomic E-state index is -0.241. The van der Waals surface area contributed by atoms with Crippen molar-refractivity contribution in [2.24, 2.45) is 5.92 Å². The molecule has 1 aliphatic carbocycles. The Balaban J connectivity index is 1.39. The van der Waals surface area contributed by atoms with Crippen LogP contribution in [0.15, 0.2) is 24.5 Å². The average Bonchev–Trinajstić information content (AvgIpc) is 3.33. The van der Waals surface area contributed by atoms with Crippen LogP contribution in [0.2, 0.25) is 0 Å². The first-order chi connectivity index (χ1) is 12.3. The fourth-order valence-electron chi connectivity index (χ4n) is 3.47. The minimum Gasteiger partial charge on any atom is -0.366 e. The van der Waals surface area contributed by atoms with Gasteiger partial charge in [0.2, 0.25) is 5.91 Å². The number of nitrogens with one attached hydrogen (secondary N) is 1. The summed E-state index contributed by atoms with van der Waals surface area (Å²) in [5.41, 5.74) is 1.16. The van der Waals surface area contributed by atoms with E-state index in [2.05, 4.69) is 33.2 Å². The molecule has 132 valence electrons. The number of hydrogen-bond acceptors (Lipinski definition) is 5. The molecule has 2 aromatic rings. The molecular weight excluding hydrogens is 318 g/mol. The Hall–Kier alpha value is -2.28. The molecule has 3 heterocycles. The zero-order valence-electron chi connectivity index (χ0n) is 14.4. The molecule has 0 radical (unpaired) electrons. The maximum Gasteiger partial charge on any atom is 0.226 e. The maximum atomic E-state index is 12.8.